The predicted molar refractivity (Wildman–Crippen MR) is 68.1 cm³/mol. The summed E-state index contributed by atoms with van der Waals surface area (Å²) >= 11 is 5.79. The van der Waals surface area contributed by atoms with Gasteiger partial charge in [-0.1, -0.05) is 11.6 Å². The molecule has 0 saturated carbocycles. The van der Waals surface area contributed by atoms with Crippen molar-refractivity contribution in [3.8, 4) is 17.1 Å². The molecule has 96 valence electrons. The van der Waals surface area contributed by atoms with Crippen molar-refractivity contribution in [3.63, 3.8) is 0 Å². The van der Waals surface area contributed by atoms with E-state index in [0.717, 1.165) is 12.1 Å². The SMILES string of the molecule is Oc1ccc(-c2nc3c(F)cc(F)cc3[nH]2)cc1Cl. The molecule has 0 spiro atoms. The summed E-state index contributed by atoms with van der Waals surface area (Å²) in [5.74, 6) is -1.12. The minimum Gasteiger partial charge on any atom is -0.506 e. The molecular weight excluding hydrogens is 274 g/mol. The van der Waals surface area contributed by atoms with Crippen LogP contribution in [-0.4, -0.2) is 15.1 Å². The smallest absolute Gasteiger partial charge is 0.153 e. The third-order valence-corrected chi connectivity index (χ3v) is 3.03. The van der Waals surface area contributed by atoms with E-state index in [1.165, 1.54) is 12.1 Å². The van der Waals surface area contributed by atoms with Gasteiger partial charge in [0.25, 0.3) is 0 Å². The molecule has 0 saturated heterocycles. The van der Waals surface area contributed by atoms with Crippen LogP contribution in [0.15, 0.2) is 30.3 Å². The average molecular weight is 281 g/mol. The Morgan fingerprint density at radius 1 is 1.16 bits per heavy atom. The molecule has 2 N–H and O–H groups in total. The van der Waals surface area contributed by atoms with Crippen molar-refractivity contribution in [2.24, 2.45) is 0 Å². The molecule has 1 heterocycles. The summed E-state index contributed by atoms with van der Waals surface area (Å²) in [7, 11) is 0. The van der Waals surface area contributed by atoms with Crippen molar-refractivity contribution < 1.29 is 13.9 Å². The second kappa shape index (κ2) is 4.20. The van der Waals surface area contributed by atoms with Crippen LogP contribution in [0.2, 0.25) is 5.02 Å². The molecule has 6 heteroatoms. The van der Waals surface area contributed by atoms with E-state index in [4.69, 9.17) is 11.6 Å². The summed E-state index contributed by atoms with van der Waals surface area (Å²) in [4.78, 5) is 6.87. The topological polar surface area (TPSA) is 48.9 Å². The van der Waals surface area contributed by atoms with Gasteiger partial charge in [-0.05, 0) is 24.3 Å². The number of rotatable bonds is 1. The molecule has 0 aliphatic rings. The Kier molecular flexibility index (Phi) is 2.64. The van der Waals surface area contributed by atoms with Crippen molar-refractivity contribution in [2.75, 3.05) is 0 Å². The Bertz CT molecular complexity index is 786. The fraction of sp³-hybridized carbons (Fsp3) is 0. The number of H-pyrrole nitrogens is 1. The van der Waals surface area contributed by atoms with Gasteiger partial charge in [0.05, 0.1) is 10.5 Å². The zero-order valence-corrected chi connectivity index (χ0v) is 10.2. The number of phenolic OH excluding ortho intramolecular Hbond substituents is 1. The Morgan fingerprint density at radius 3 is 2.68 bits per heavy atom. The minimum atomic E-state index is -0.734. The van der Waals surface area contributed by atoms with Gasteiger partial charge >= 0.3 is 0 Å². The lowest BCUT2D eigenvalue weighted by molar-refractivity contribution is 0.475. The van der Waals surface area contributed by atoms with E-state index in [1.807, 2.05) is 0 Å². The summed E-state index contributed by atoms with van der Waals surface area (Å²) in [6.07, 6.45) is 0. The number of halogens is 3. The van der Waals surface area contributed by atoms with Crippen molar-refractivity contribution in [1.82, 2.24) is 9.97 Å². The Balaban J connectivity index is 2.20. The maximum atomic E-state index is 13.5. The highest BCUT2D eigenvalue weighted by atomic mass is 35.5. The molecule has 3 aromatic rings. The molecule has 2 aromatic carbocycles. The van der Waals surface area contributed by atoms with Crippen LogP contribution in [0.5, 0.6) is 5.75 Å². The lowest BCUT2D eigenvalue weighted by Gasteiger charge is -1.99. The zero-order chi connectivity index (χ0) is 13.6. The van der Waals surface area contributed by atoms with Crippen LogP contribution in [0.3, 0.4) is 0 Å². The van der Waals surface area contributed by atoms with Crippen molar-refractivity contribution in [2.45, 2.75) is 0 Å². The Labute approximate surface area is 111 Å². The van der Waals surface area contributed by atoms with Crippen molar-refractivity contribution >= 4 is 22.6 Å². The number of hydrogen-bond acceptors (Lipinski definition) is 2. The van der Waals surface area contributed by atoms with E-state index >= 15 is 0 Å². The van der Waals surface area contributed by atoms with Gasteiger partial charge in [-0.2, -0.15) is 0 Å². The van der Waals surface area contributed by atoms with Crippen LogP contribution in [0.1, 0.15) is 0 Å². The lowest BCUT2D eigenvalue weighted by atomic mass is 10.2. The van der Waals surface area contributed by atoms with E-state index in [2.05, 4.69) is 9.97 Å². The van der Waals surface area contributed by atoms with Crippen LogP contribution < -0.4 is 0 Å². The number of phenols is 1. The maximum Gasteiger partial charge on any atom is 0.153 e. The third-order valence-electron chi connectivity index (χ3n) is 2.73. The molecule has 0 aliphatic carbocycles. The molecular formula is C13H7ClF2N2O. The van der Waals surface area contributed by atoms with Crippen LogP contribution >= 0.6 is 11.6 Å². The predicted octanol–water partition coefficient (Wildman–Crippen LogP) is 3.87. The van der Waals surface area contributed by atoms with E-state index in [0.29, 0.717) is 11.4 Å². The monoisotopic (exact) mass is 280 g/mol. The number of nitrogens with zero attached hydrogens (tertiary/aromatic N) is 1. The second-order valence-electron chi connectivity index (χ2n) is 4.04. The van der Waals surface area contributed by atoms with Gasteiger partial charge in [0.1, 0.15) is 22.9 Å². The molecule has 0 radical (unpaired) electrons. The van der Waals surface area contributed by atoms with Crippen LogP contribution in [-0.2, 0) is 0 Å². The summed E-state index contributed by atoms with van der Waals surface area (Å²) in [6, 6.07) is 6.41. The standard InChI is InChI=1S/C13H7ClF2N2O/c14-8-3-6(1-2-11(8)19)13-17-10-5-7(15)4-9(16)12(10)18-13/h1-5,19H,(H,17,18). The van der Waals surface area contributed by atoms with E-state index < -0.39 is 11.6 Å². The molecule has 0 fully saturated rings. The van der Waals surface area contributed by atoms with Gasteiger partial charge in [-0.25, -0.2) is 13.8 Å². The minimum absolute atomic E-state index is 0.0561. The Morgan fingerprint density at radius 2 is 1.95 bits per heavy atom. The van der Waals surface area contributed by atoms with E-state index in [1.54, 1.807) is 6.07 Å². The summed E-state index contributed by atoms with van der Waals surface area (Å²) in [5, 5.41) is 9.50. The number of benzene rings is 2. The maximum absolute atomic E-state index is 13.5. The van der Waals surface area contributed by atoms with Gasteiger partial charge in [0, 0.05) is 11.6 Å². The molecule has 1 aromatic heterocycles. The molecule has 0 atom stereocenters. The second-order valence-corrected chi connectivity index (χ2v) is 4.44. The number of aromatic hydroxyl groups is 1. The van der Waals surface area contributed by atoms with Gasteiger partial charge < -0.3 is 10.1 Å². The molecule has 3 nitrogen and oxygen atoms in total. The van der Waals surface area contributed by atoms with E-state index in [9.17, 15) is 13.9 Å². The number of aromatic nitrogens is 2. The highest BCUT2D eigenvalue weighted by Gasteiger charge is 2.12. The molecule has 3 rings (SSSR count). The fourth-order valence-corrected chi connectivity index (χ4v) is 2.01. The van der Waals surface area contributed by atoms with Crippen LogP contribution in [0.25, 0.3) is 22.4 Å². The molecule has 19 heavy (non-hydrogen) atoms. The molecule has 0 bridgehead atoms. The first-order chi connectivity index (χ1) is 9.04. The summed E-state index contributed by atoms with van der Waals surface area (Å²) in [6.45, 7) is 0. The summed E-state index contributed by atoms with van der Waals surface area (Å²) < 4.78 is 26.6. The van der Waals surface area contributed by atoms with Gasteiger partial charge in [0.15, 0.2) is 5.82 Å². The van der Waals surface area contributed by atoms with Crippen molar-refractivity contribution in [3.05, 3.63) is 47.0 Å². The number of fused-ring (bicyclic) bond motifs is 1. The van der Waals surface area contributed by atoms with Crippen LogP contribution in [0.4, 0.5) is 8.78 Å². The normalized spacial score (nSPS) is 11.1. The molecule has 0 unspecified atom stereocenters. The highest BCUT2D eigenvalue weighted by Crippen LogP contribution is 2.29. The third kappa shape index (κ3) is 2.02. The van der Waals surface area contributed by atoms with Gasteiger partial charge in [-0.3, -0.25) is 0 Å². The summed E-state index contributed by atoms with van der Waals surface area (Å²) in [5.41, 5.74) is 0.885. The number of aromatic amines is 1. The van der Waals surface area contributed by atoms with Crippen LogP contribution in [0, 0.1) is 11.6 Å². The Hall–Kier alpha value is -2.14. The molecule has 0 amide bonds. The lowest BCUT2D eigenvalue weighted by Crippen LogP contribution is -1.81. The first-order valence-corrected chi connectivity index (χ1v) is 5.76. The van der Waals surface area contributed by atoms with Gasteiger partial charge in [0.2, 0.25) is 0 Å². The van der Waals surface area contributed by atoms with E-state index in [-0.39, 0.29) is 21.8 Å². The first-order valence-electron chi connectivity index (χ1n) is 5.38. The number of hydrogen-bond donors (Lipinski definition) is 2. The molecule has 0 aliphatic heterocycles. The number of nitrogens with one attached hydrogen (secondary N) is 1. The average Bonchev–Trinajstić information content (AvgIpc) is 2.76. The first kappa shape index (κ1) is 11.9. The quantitative estimate of drug-likeness (QED) is 0.711. The van der Waals surface area contributed by atoms with Crippen molar-refractivity contribution in [1.29, 1.82) is 0 Å². The largest absolute Gasteiger partial charge is 0.506 e. The number of imidazole rings is 1. The highest BCUT2D eigenvalue weighted by molar-refractivity contribution is 6.32. The van der Waals surface area contributed by atoms with Gasteiger partial charge in [-0.15, -0.1) is 0 Å². The fourth-order valence-electron chi connectivity index (χ4n) is 1.83. The zero-order valence-electron chi connectivity index (χ0n) is 9.42.